The van der Waals surface area contributed by atoms with E-state index >= 15 is 0 Å². The van der Waals surface area contributed by atoms with Crippen LogP contribution < -0.4 is 14.8 Å². The predicted octanol–water partition coefficient (Wildman–Crippen LogP) is 4.85. The molecule has 212 valence electrons. The Bertz CT molecular complexity index is 1600. The van der Waals surface area contributed by atoms with E-state index in [-0.39, 0.29) is 19.0 Å². The first-order valence-electron chi connectivity index (χ1n) is 13.2. The molecule has 0 bridgehead atoms. The number of amidine groups is 1. The molecule has 9 nitrogen and oxygen atoms in total. The van der Waals surface area contributed by atoms with Crippen LogP contribution in [0.4, 0.5) is 5.69 Å². The molecule has 2 saturated heterocycles. The van der Waals surface area contributed by atoms with Gasteiger partial charge in [0.25, 0.3) is 5.91 Å². The Morgan fingerprint density at radius 3 is 2.32 bits per heavy atom. The average molecular weight is 591 g/mol. The second-order valence-corrected chi connectivity index (χ2v) is 12.6. The van der Waals surface area contributed by atoms with Crippen molar-refractivity contribution in [2.24, 2.45) is 4.99 Å². The van der Waals surface area contributed by atoms with Gasteiger partial charge in [0.05, 0.1) is 17.1 Å². The predicted molar refractivity (Wildman–Crippen MR) is 161 cm³/mol. The topological polar surface area (TPSA) is 117 Å². The van der Waals surface area contributed by atoms with E-state index in [1.807, 2.05) is 47.2 Å². The van der Waals surface area contributed by atoms with Gasteiger partial charge in [0.15, 0.2) is 5.17 Å². The molecule has 3 aromatic rings. The summed E-state index contributed by atoms with van der Waals surface area (Å²) in [6, 6.07) is 23.0. The molecule has 5 rings (SSSR count). The third-order valence-electron chi connectivity index (χ3n) is 6.82. The average Bonchev–Trinajstić information content (AvgIpc) is 3.43. The SMILES string of the molecule is CCC(C)c1ccc(OCc2ccc(/C=C3/SC(=Nc4ccc(CN5CC(=O)NS5(=O)=O)cc4)NC3=O)cc2)cc1. The minimum atomic E-state index is -3.78. The summed E-state index contributed by atoms with van der Waals surface area (Å²) in [6.07, 6.45) is 2.92. The summed E-state index contributed by atoms with van der Waals surface area (Å²) in [5.74, 6) is 0.587. The van der Waals surface area contributed by atoms with Gasteiger partial charge in [-0.3, -0.25) is 9.59 Å². The molecule has 0 radical (unpaired) electrons. The smallest absolute Gasteiger partial charge is 0.304 e. The number of thioether (sulfide) groups is 1. The number of carbonyl (C=O) groups excluding carboxylic acids is 2. The van der Waals surface area contributed by atoms with E-state index in [2.05, 4.69) is 36.3 Å². The zero-order valence-electron chi connectivity index (χ0n) is 22.7. The molecule has 2 heterocycles. The summed E-state index contributed by atoms with van der Waals surface area (Å²) < 4.78 is 32.8. The summed E-state index contributed by atoms with van der Waals surface area (Å²) in [5.41, 5.74) is 4.54. The first-order chi connectivity index (χ1) is 19.7. The van der Waals surface area contributed by atoms with Gasteiger partial charge in [0.1, 0.15) is 12.4 Å². The third-order valence-corrected chi connectivity index (χ3v) is 9.16. The highest BCUT2D eigenvalue weighted by Gasteiger charge is 2.33. The molecule has 0 aliphatic carbocycles. The van der Waals surface area contributed by atoms with Crippen LogP contribution in [0.3, 0.4) is 0 Å². The van der Waals surface area contributed by atoms with E-state index in [4.69, 9.17) is 4.74 Å². The molecule has 2 aliphatic heterocycles. The van der Waals surface area contributed by atoms with E-state index in [1.165, 1.54) is 17.3 Å². The van der Waals surface area contributed by atoms with Crippen LogP contribution in [0.5, 0.6) is 5.75 Å². The van der Waals surface area contributed by atoms with Crippen LogP contribution in [0, 0.1) is 0 Å². The zero-order valence-corrected chi connectivity index (χ0v) is 24.3. The lowest BCUT2D eigenvalue weighted by Gasteiger charge is -2.12. The van der Waals surface area contributed by atoms with Crippen molar-refractivity contribution in [1.82, 2.24) is 14.3 Å². The monoisotopic (exact) mass is 590 g/mol. The maximum absolute atomic E-state index is 12.5. The Balaban J connectivity index is 1.16. The Hall–Kier alpha value is -3.93. The van der Waals surface area contributed by atoms with Crippen LogP contribution >= 0.6 is 11.8 Å². The van der Waals surface area contributed by atoms with Gasteiger partial charge in [-0.25, -0.2) is 9.71 Å². The number of rotatable bonds is 9. The van der Waals surface area contributed by atoms with E-state index in [1.54, 1.807) is 24.3 Å². The van der Waals surface area contributed by atoms with Crippen LogP contribution in [0.2, 0.25) is 0 Å². The van der Waals surface area contributed by atoms with Crippen molar-refractivity contribution >= 4 is 50.7 Å². The highest BCUT2D eigenvalue weighted by molar-refractivity contribution is 8.18. The van der Waals surface area contributed by atoms with Crippen molar-refractivity contribution in [1.29, 1.82) is 0 Å². The maximum atomic E-state index is 12.5. The van der Waals surface area contributed by atoms with Gasteiger partial charge in [-0.1, -0.05) is 62.4 Å². The summed E-state index contributed by atoms with van der Waals surface area (Å²) in [6.45, 7) is 4.72. The third kappa shape index (κ3) is 7.24. The fourth-order valence-corrected chi connectivity index (χ4v) is 6.19. The largest absolute Gasteiger partial charge is 0.489 e. The van der Waals surface area contributed by atoms with Crippen LogP contribution in [0.25, 0.3) is 6.08 Å². The molecule has 2 amide bonds. The number of amides is 2. The molecule has 0 spiro atoms. The highest BCUT2D eigenvalue weighted by Crippen LogP contribution is 2.29. The Kier molecular flexibility index (Phi) is 8.57. The van der Waals surface area contributed by atoms with Crippen molar-refractivity contribution in [3.8, 4) is 5.75 Å². The molecule has 1 unspecified atom stereocenters. The molecule has 2 aliphatic rings. The quantitative estimate of drug-likeness (QED) is 0.344. The number of benzene rings is 3. The van der Waals surface area contributed by atoms with Crippen LogP contribution in [0.1, 0.15) is 48.4 Å². The summed E-state index contributed by atoms with van der Waals surface area (Å²) in [7, 11) is -3.78. The first-order valence-corrected chi connectivity index (χ1v) is 15.4. The maximum Gasteiger partial charge on any atom is 0.304 e. The van der Waals surface area contributed by atoms with Gasteiger partial charge in [0, 0.05) is 6.54 Å². The Morgan fingerprint density at radius 2 is 1.68 bits per heavy atom. The van der Waals surface area contributed by atoms with Crippen LogP contribution in [-0.2, 0) is 33.0 Å². The molecular weight excluding hydrogens is 560 g/mol. The molecule has 41 heavy (non-hydrogen) atoms. The summed E-state index contributed by atoms with van der Waals surface area (Å²) >= 11 is 1.25. The molecule has 0 aromatic heterocycles. The molecule has 3 aromatic carbocycles. The summed E-state index contributed by atoms with van der Waals surface area (Å²) in [4.78, 5) is 29.0. The van der Waals surface area contributed by atoms with Gasteiger partial charge in [0.2, 0.25) is 5.91 Å². The minimum Gasteiger partial charge on any atom is -0.489 e. The number of ether oxygens (including phenoxy) is 1. The molecule has 2 N–H and O–H groups in total. The van der Waals surface area contributed by atoms with E-state index in [0.717, 1.165) is 27.6 Å². The van der Waals surface area contributed by atoms with E-state index in [9.17, 15) is 18.0 Å². The van der Waals surface area contributed by atoms with Gasteiger partial charge in [-0.05, 0) is 76.7 Å². The highest BCUT2D eigenvalue weighted by atomic mass is 32.2. The normalized spacial score (nSPS) is 19.4. The van der Waals surface area contributed by atoms with Crippen molar-refractivity contribution < 1.29 is 22.7 Å². The second-order valence-electron chi connectivity index (χ2n) is 9.86. The number of hydrogen-bond acceptors (Lipinski definition) is 7. The number of aliphatic imine (C=N–C) groups is 1. The second kappa shape index (κ2) is 12.3. The van der Waals surface area contributed by atoms with Crippen molar-refractivity contribution in [3.05, 3.63) is 100.0 Å². The summed E-state index contributed by atoms with van der Waals surface area (Å²) in [5, 5.41) is 3.23. The lowest BCUT2D eigenvalue weighted by Crippen LogP contribution is -2.29. The molecule has 1 atom stereocenters. The Morgan fingerprint density at radius 1 is 1.00 bits per heavy atom. The molecule has 11 heteroatoms. The fraction of sp³-hybridized carbons (Fsp3) is 0.233. The van der Waals surface area contributed by atoms with Crippen molar-refractivity contribution in [2.45, 2.75) is 39.3 Å². The fourth-order valence-electron chi connectivity index (χ4n) is 4.26. The van der Waals surface area contributed by atoms with Crippen LogP contribution in [0.15, 0.2) is 82.7 Å². The van der Waals surface area contributed by atoms with Gasteiger partial charge < -0.3 is 10.1 Å². The van der Waals surface area contributed by atoms with E-state index in [0.29, 0.717) is 33.8 Å². The number of carbonyl (C=O) groups is 2. The standard InChI is InChI=1S/C30H30N4O5S2/c1-3-20(2)24-10-14-26(15-11-24)39-19-23-6-4-21(5-7-23)16-27-29(36)32-30(40-27)31-25-12-8-22(9-13-25)17-34-18-28(35)33-41(34,37)38/h4-16,20H,3,17-19H2,1-2H3,(H,33,35)(H,31,32,36)/b27-16+. The van der Waals surface area contributed by atoms with Crippen LogP contribution in [-0.4, -0.2) is 36.2 Å². The van der Waals surface area contributed by atoms with Gasteiger partial charge in [-0.2, -0.15) is 12.7 Å². The number of nitrogens with zero attached hydrogens (tertiary/aromatic N) is 2. The minimum absolute atomic E-state index is 0.0761. The van der Waals surface area contributed by atoms with E-state index < -0.39 is 16.1 Å². The molecule has 0 saturated carbocycles. The number of hydrogen-bond donors (Lipinski definition) is 2. The molecule has 2 fully saturated rings. The lowest BCUT2D eigenvalue weighted by molar-refractivity contribution is -0.118. The molecular formula is C30H30N4O5S2. The number of nitrogens with one attached hydrogen (secondary N) is 2. The van der Waals surface area contributed by atoms with Gasteiger partial charge in [-0.15, -0.1) is 0 Å². The Labute approximate surface area is 243 Å². The van der Waals surface area contributed by atoms with Crippen molar-refractivity contribution in [2.75, 3.05) is 6.54 Å². The zero-order chi connectivity index (χ0) is 29.0. The van der Waals surface area contributed by atoms with Gasteiger partial charge >= 0.3 is 10.2 Å². The van der Waals surface area contributed by atoms with Crippen molar-refractivity contribution in [3.63, 3.8) is 0 Å². The first kappa shape index (κ1) is 28.6. The lowest BCUT2D eigenvalue weighted by atomic mass is 9.99.